The standard InChI is InChI=1S/C10H7ClN2O4/c1-17-9(14)4-7-2-6(5-12)3-8(11)10(7)13(15)16/h2-3H,4H2,1H3. The number of benzene rings is 1. The summed E-state index contributed by atoms with van der Waals surface area (Å²) in [6.45, 7) is 0. The van der Waals surface area contributed by atoms with Gasteiger partial charge in [-0.25, -0.2) is 0 Å². The van der Waals surface area contributed by atoms with Crippen molar-refractivity contribution in [3.8, 4) is 6.07 Å². The van der Waals surface area contributed by atoms with Crippen LogP contribution in [0.4, 0.5) is 5.69 Å². The average molecular weight is 255 g/mol. The molecule has 17 heavy (non-hydrogen) atoms. The second kappa shape index (κ2) is 5.27. The number of carbonyl (C=O) groups is 1. The van der Waals surface area contributed by atoms with Gasteiger partial charge in [0.05, 0.1) is 30.1 Å². The Bertz CT molecular complexity index is 522. The maximum Gasteiger partial charge on any atom is 0.310 e. The molecule has 0 N–H and O–H groups in total. The second-order valence-electron chi connectivity index (χ2n) is 3.09. The fourth-order valence-corrected chi connectivity index (χ4v) is 1.60. The van der Waals surface area contributed by atoms with Crippen molar-refractivity contribution in [2.45, 2.75) is 6.42 Å². The van der Waals surface area contributed by atoms with Gasteiger partial charge in [-0.2, -0.15) is 5.26 Å². The molecule has 7 heteroatoms. The molecule has 0 unspecified atom stereocenters. The average Bonchev–Trinajstić information content (AvgIpc) is 2.27. The van der Waals surface area contributed by atoms with Gasteiger partial charge in [-0.15, -0.1) is 0 Å². The molecule has 6 nitrogen and oxygen atoms in total. The lowest BCUT2D eigenvalue weighted by atomic mass is 10.1. The molecule has 0 bridgehead atoms. The third kappa shape index (κ3) is 2.92. The molecule has 0 spiro atoms. The smallest absolute Gasteiger partial charge is 0.310 e. The predicted molar refractivity (Wildman–Crippen MR) is 58.5 cm³/mol. The largest absolute Gasteiger partial charge is 0.469 e. The summed E-state index contributed by atoms with van der Waals surface area (Å²) in [5.41, 5.74) is -0.165. The molecule has 0 atom stereocenters. The van der Waals surface area contributed by atoms with Crippen molar-refractivity contribution in [3.05, 3.63) is 38.4 Å². The summed E-state index contributed by atoms with van der Waals surface area (Å²) in [6, 6.07) is 4.24. The molecule has 0 amide bonds. The Morgan fingerprint density at radius 1 is 1.65 bits per heavy atom. The molecule has 0 fully saturated rings. The molecular weight excluding hydrogens is 248 g/mol. The van der Waals surface area contributed by atoms with Crippen molar-refractivity contribution < 1.29 is 14.5 Å². The van der Waals surface area contributed by atoms with E-state index in [1.54, 1.807) is 6.07 Å². The van der Waals surface area contributed by atoms with Crippen LogP contribution >= 0.6 is 11.6 Å². The van der Waals surface area contributed by atoms with Gasteiger partial charge in [0.1, 0.15) is 5.02 Å². The molecule has 0 radical (unpaired) electrons. The highest BCUT2D eigenvalue weighted by atomic mass is 35.5. The highest BCUT2D eigenvalue weighted by Gasteiger charge is 2.22. The Kier molecular flexibility index (Phi) is 4.01. The molecule has 0 aliphatic heterocycles. The SMILES string of the molecule is COC(=O)Cc1cc(C#N)cc(Cl)c1[N+](=O)[O-]. The number of ether oxygens (including phenoxy) is 1. The molecule has 1 aromatic rings. The predicted octanol–water partition coefficient (Wildman–Crippen LogP) is 1.84. The van der Waals surface area contributed by atoms with E-state index < -0.39 is 10.9 Å². The molecule has 0 heterocycles. The topological polar surface area (TPSA) is 93.2 Å². The minimum atomic E-state index is -0.693. The van der Waals surface area contributed by atoms with Gasteiger partial charge >= 0.3 is 5.97 Å². The summed E-state index contributed by atoms with van der Waals surface area (Å²) in [5.74, 6) is -0.640. The third-order valence-electron chi connectivity index (χ3n) is 2.02. The van der Waals surface area contributed by atoms with Gasteiger partial charge in [-0.3, -0.25) is 14.9 Å². The van der Waals surface area contributed by atoms with Crippen LogP contribution in [0, 0.1) is 21.4 Å². The van der Waals surface area contributed by atoms with Crippen molar-refractivity contribution in [2.75, 3.05) is 7.11 Å². The van der Waals surface area contributed by atoms with Gasteiger partial charge in [0.25, 0.3) is 5.69 Å². The van der Waals surface area contributed by atoms with Gasteiger partial charge in [0.2, 0.25) is 0 Å². The maximum absolute atomic E-state index is 11.1. The van der Waals surface area contributed by atoms with Crippen LogP contribution in [0.3, 0.4) is 0 Å². The first kappa shape index (κ1) is 12.9. The lowest BCUT2D eigenvalue weighted by molar-refractivity contribution is -0.385. The maximum atomic E-state index is 11.1. The number of methoxy groups -OCH3 is 1. The fourth-order valence-electron chi connectivity index (χ4n) is 1.29. The Labute approximate surface area is 102 Å². The van der Waals surface area contributed by atoms with Crippen LogP contribution in [0.1, 0.15) is 11.1 Å². The van der Waals surface area contributed by atoms with Gasteiger partial charge in [-0.05, 0) is 12.1 Å². The molecular formula is C10H7ClN2O4. The van der Waals surface area contributed by atoms with Gasteiger partial charge in [-0.1, -0.05) is 11.6 Å². The lowest BCUT2D eigenvalue weighted by Gasteiger charge is -2.04. The van der Waals surface area contributed by atoms with Crippen LogP contribution in [-0.4, -0.2) is 18.0 Å². The van der Waals surface area contributed by atoms with Gasteiger partial charge in [0, 0.05) is 5.56 Å². The molecule has 88 valence electrons. The molecule has 1 aromatic carbocycles. The number of nitro groups is 1. The molecule has 0 aliphatic carbocycles. The summed E-state index contributed by atoms with van der Waals surface area (Å²) in [4.78, 5) is 21.2. The normalized spacial score (nSPS) is 9.47. The molecule has 0 saturated heterocycles. The third-order valence-corrected chi connectivity index (χ3v) is 2.30. The first-order valence-corrected chi connectivity index (χ1v) is 4.81. The number of esters is 1. The Morgan fingerprint density at radius 2 is 2.29 bits per heavy atom. The van der Waals surface area contributed by atoms with E-state index in [4.69, 9.17) is 16.9 Å². The van der Waals surface area contributed by atoms with Gasteiger partial charge in [0.15, 0.2) is 0 Å². The fraction of sp³-hybridized carbons (Fsp3) is 0.200. The summed E-state index contributed by atoms with van der Waals surface area (Å²) in [7, 11) is 1.17. The van der Waals surface area contributed by atoms with E-state index in [1.165, 1.54) is 19.2 Å². The number of rotatable bonds is 3. The Hall–Kier alpha value is -2.13. The minimum absolute atomic E-state index is 0.0610. The highest BCUT2D eigenvalue weighted by molar-refractivity contribution is 6.33. The summed E-state index contributed by atoms with van der Waals surface area (Å²) in [5, 5.41) is 19.3. The van der Waals surface area contributed by atoms with Crippen LogP contribution in [0.15, 0.2) is 12.1 Å². The minimum Gasteiger partial charge on any atom is -0.469 e. The second-order valence-corrected chi connectivity index (χ2v) is 3.49. The van der Waals surface area contributed by atoms with Crippen molar-refractivity contribution in [2.24, 2.45) is 0 Å². The Morgan fingerprint density at radius 3 is 2.76 bits per heavy atom. The summed E-state index contributed by atoms with van der Waals surface area (Å²) in [6.07, 6.45) is -0.304. The van der Waals surface area contributed by atoms with Crippen LogP contribution < -0.4 is 0 Å². The van der Waals surface area contributed by atoms with Crippen molar-refractivity contribution in [1.82, 2.24) is 0 Å². The zero-order valence-corrected chi connectivity index (χ0v) is 9.52. The van der Waals surface area contributed by atoms with E-state index in [1.807, 2.05) is 0 Å². The zero-order valence-electron chi connectivity index (χ0n) is 8.77. The zero-order chi connectivity index (χ0) is 13.0. The van der Waals surface area contributed by atoms with Crippen LogP contribution in [0.25, 0.3) is 0 Å². The van der Waals surface area contributed by atoms with E-state index in [0.29, 0.717) is 0 Å². The molecule has 1 rings (SSSR count). The number of halogens is 1. The number of hydrogen-bond donors (Lipinski definition) is 0. The van der Waals surface area contributed by atoms with Crippen LogP contribution in [0.2, 0.25) is 5.02 Å². The highest BCUT2D eigenvalue weighted by Crippen LogP contribution is 2.30. The van der Waals surface area contributed by atoms with E-state index in [-0.39, 0.29) is 28.3 Å². The van der Waals surface area contributed by atoms with E-state index in [9.17, 15) is 14.9 Å². The first-order valence-electron chi connectivity index (χ1n) is 4.43. The van der Waals surface area contributed by atoms with E-state index in [2.05, 4.69) is 4.74 Å². The van der Waals surface area contributed by atoms with Crippen molar-refractivity contribution in [1.29, 1.82) is 5.26 Å². The van der Waals surface area contributed by atoms with Crippen LogP contribution in [-0.2, 0) is 16.0 Å². The van der Waals surface area contributed by atoms with Gasteiger partial charge < -0.3 is 4.74 Å². The van der Waals surface area contributed by atoms with Crippen molar-refractivity contribution in [3.63, 3.8) is 0 Å². The number of nitro benzene ring substituents is 1. The van der Waals surface area contributed by atoms with Crippen molar-refractivity contribution >= 4 is 23.3 Å². The number of nitriles is 1. The summed E-state index contributed by atoms with van der Waals surface area (Å²) >= 11 is 5.69. The molecule has 0 aromatic heterocycles. The van der Waals surface area contributed by atoms with E-state index >= 15 is 0 Å². The van der Waals surface area contributed by atoms with E-state index in [0.717, 1.165) is 0 Å². The first-order chi connectivity index (χ1) is 7.99. The summed E-state index contributed by atoms with van der Waals surface area (Å²) < 4.78 is 4.41. The molecule has 0 saturated carbocycles. The Balaban J connectivity index is 3.33. The quantitative estimate of drug-likeness (QED) is 0.466. The number of hydrogen-bond acceptors (Lipinski definition) is 5. The monoisotopic (exact) mass is 254 g/mol. The molecule has 0 aliphatic rings. The number of carbonyl (C=O) groups excluding carboxylic acids is 1. The number of nitrogens with zero attached hydrogens (tertiary/aromatic N) is 2. The lowest BCUT2D eigenvalue weighted by Crippen LogP contribution is -2.07. The van der Waals surface area contributed by atoms with Crippen LogP contribution in [0.5, 0.6) is 0 Å².